The van der Waals surface area contributed by atoms with Gasteiger partial charge in [-0.1, -0.05) is 11.6 Å². The summed E-state index contributed by atoms with van der Waals surface area (Å²) in [6.07, 6.45) is 10.2. The van der Waals surface area contributed by atoms with Crippen molar-refractivity contribution in [2.24, 2.45) is 0 Å². The van der Waals surface area contributed by atoms with Crippen LogP contribution in [-0.2, 0) is 0 Å². The van der Waals surface area contributed by atoms with Gasteiger partial charge in [-0.2, -0.15) is 0 Å². The van der Waals surface area contributed by atoms with Crippen LogP contribution in [0, 0.1) is 0 Å². The van der Waals surface area contributed by atoms with Gasteiger partial charge in [0, 0.05) is 24.0 Å². The Morgan fingerprint density at radius 2 is 2.00 bits per heavy atom. The maximum Gasteiger partial charge on any atom is 0.255 e. The molecular formula is C23H29N3O2. The zero-order valence-electron chi connectivity index (χ0n) is 16.7. The topological polar surface area (TPSA) is 63.2 Å². The minimum Gasteiger partial charge on any atom is -0.491 e. The number of nitrogens with one attached hydrogen (secondary N) is 2. The second-order valence-corrected chi connectivity index (χ2v) is 7.36. The molecular weight excluding hydrogens is 350 g/mol. The Labute approximate surface area is 167 Å². The van der Waals surface area contributed by atoms with Crippen LogP contribution < -0.4 is 15.4 Å². The normalized spacial score (nSPS) is 13.8. The molecule has 3 rings (SSSR count). The second-order valence-electron chi connectivity index (χ2n) is 7.36. The van der Waals surface area contributed by atoms with Crippen molar-refractivity contribution in [2.75, 3.05) is 17.2 Å². The molecule has 148 valence electrons. The van der Waals surface area contributed by atoms with E-state index in [1.165, 1.54) is 31.3 Å². The molecule has 1 aromatic heterocycles. The van der Waals surface area contributed by atoms with Crippen molar-refractivity contribution in [3.8, 4) is 5.75 Å². The van der Waals surface area contributed by atoms with Gasteiger partial charge >= 0.3 is 0 Å². The lowest BCUT2D eigenvalue weighted by atomic mass is 9.97. The number of carbonyl (C=O) groups is 1. The minimum absolute atomic E-state index is 0.123. The molecule has 1 aliphatic carbocycles. The molecule has 0 saturated heterocycles. The third-order valence-electron chi connectivity index (χ3n) is 4.64. The highest BCUT2D eigenvalue weighted by molar-refractivity contribution is 6.04. The van der Waals surface area contributed by atoms with Crippen molar-refractivity contribution in [1.29, 1.82) is 0 Å². The molecule has 0 fully saturated rings. The van der Waals surface area contributed by atoms with Gasteiger partial charge in [-0.25, -0.2) is 4.98 Å². The lowest BCUT2D eigenvalue weighted by Gasteiger charge is -2.13. The van der Waals surface area contributed by atoms with Crippen molar-refractivity contribution in [3.63, 3.8) is 0 Å². The number of benzene rings is 1. The van der Waals surface area contributed by atoms with Crippen molar-refractivity contribution in [3.05, 3.63) is 59.8 Å². The summed E-state index contributed by atoms with van der Waals surface area (Å²) in [5.74, 6) is 1.36. The summed E-state index contributed by atoms with van der Waals surface area (Å²) < 4.78 is 5.62. The van der Waals surface area contributed by atoms with E-state index in [1.54, 1.807) is 18.3 Å². The van der Waals surface area contributed by atoms with Crippen molar-refractivity contribution >= 4 is 17.4 Å². The average molecular weight is 380 g/mol. The first-order chi connectivity index (χ1) is 13.6. The molecule has 0 spiro atoms. The molecule has 1 heterocycles. The van der Waals surface area contributed by atoms with Gasteiger partial charge in [0.25, 0.3) is 5.91 Å². The minimum atomic E-state index is -0.155. The van der Waals surface area contributed by atoms with Crippen LogP contribution in [-0.4, -0.2) is 23.5 Å². The Balaban J connectivity index is 1.53. The highest BCUT2D eigenvalue weighted by Gasteiger charge is 2.09. The number of aromatic nitrogens is 1. The quantitative estimate of drug-likeness (QED) is 0.601. The second kappa shape index (κ2) is 9.93. The van der Waals surface area contributed by atoms with E-state index in [4.69, 9.17) is 4.74 Å². The molecule has 2 N–H and O–H groups in total. The highest BCUT2D eigenvalue weighted by atomic mass is 16.5. The first-order valence-electron chi connectivity index (χ1n) is 10.1. The van der Waals surface area contributed by atoms with Crippen LogP contribution in [0.1, 0.15) is 56.3 Å². The summed E-state index contributed by atoms with van der Waals surface area (Å²) in [4.78, 5) is 16.9. The van der Waals surface area contributed by atoms with Crippen LogP contribution in [0.2, 0.25) is 0 Å². The van der Waals surface area contributed by atoms with Crippen LogP contribution in [0.25, 0.3) is 0 Å². The van der Waals surface area contributed by atoms with Gasteiger partial charge in [0.1, 0.15) is 11.6 Å². The van der Waals surface area contributed by atoms with Gasteiger partial charge < -0.3 is 15.4 Å². The van der Waals surface area contributed by atoms with Crippen LogP contribution >= 0.6 is 0 Å². The number of carbonyl (C=O) groups excluding carboxylic acids is 1. The molecule has 0 bridgehead atoms. The van der Waals surface area contributed by atoms with E-state index >= 15 is 0 Å². The Kier molecular flexibility index (Phi) is 7.06. The number of ether oxygens (including phenoxy) is 1. The summed E-state index contributed by atoms with van der Waals surface area (Å²) in [7, 11) is 0. The van der Waals surface area contributed by atoms with E-state index in [2.05, 4.69) is 21.7 Å². The van der Waals surface area contributed by atoms with Crippen LogP contribution in [0.15, 0.2) is 54.2 Å². The summed E-state index contributed by atoms with van der Waals surface area (Å²) in [6.45, 7) is 4.80. The van der Waals surface area contributed by atoms with E-state index in [0.29, 0.717) is 5.56 Å². The number of amides is 1. The van der Waals surface area contributed by atoms with E-state index in [-0.39, 0.29) is 12.0 Å². The zero-order valence-corrected chi connectivity index (χ0v) is 16.7. The molecule has 1 amide bonds. The van der Waals surface area contributed by atoms with Gasteiger partial charge in [-0.05, 0) is 82.3 Å². The number of hydrogen-bond donors (Lipinski definition) is 2. The number of anilines is 2. The molecule has 2 aromatic rings. The maximum absolute atomic E-state index is 12.5. The number of rotatable bonds is 8. The fourth-order valence-corrected chi connectivity index (χ4v) is 3.24. The van der Waals surface area contributed by atoms with Crippen molar-refractivity contribution in [2.45, 2.75) is 52.1 Å². The standard InChI is InChI=1S/C23H29N3O2/c1-17(2)28-21-10-8-20(9-11-21)26-23(27)19-13-15-25-22(16-19)24-14-12-18-6-4-3-5-7-18/h6,8-11,13,15-17H,3-5,7,12,14H2,1-2H3,(H,24,25)(H,26,27). The first kappa shape index (κ1) is 19.9. The van der Waals surface area contributed by atoms with E-state index in [1.807, 2.05) is 38.1 Å². The number of pyridine rings is 1. The van der Waals surface area contributed by atoms with Crippen molar-refractivity contribution < 1.29 is 9.53 Å². The summed E-state index contributed by atoms with van der Waals surface area (Å²) in [6, 6.07) is 10.9. The fourth-order valence-electron chi connectivity index (χ4n) is 3.24. The van der Waals surface area contributed by atoms with Gasteiger partial charge in [-0.3, -0.25) is 4.79 Å². The Bertz CT molecular complexity index is 813. The van der Waals surface area contributed by atoms with Crippen LogP contribution in [0.5, 0.6) is 5.75 Å². The molecule has 0 aliphatic heterocycles. The third kappa shape index (κ3) is 6.12. The van der Waals surface area contributed by atoms with Gasteiger partial charge in [0.15, 0.2) is 0 Å². The largest absolute Gasteiger partial charge is 0.491 e. The summed E-state index contributed by atoms with van der Waals surface area (Å²) >= 11 is 0. The van der Waals surface area contributed by atoms with Gasteiger partial charge in [0.2, 0.25) is 0 Å². The molecule has 5 nitrogen and oxygen atoms in total. The number of nitrogens with zero attached hydrogens (tertiary/aromatic N) is 1. The predicted molar refractivity (Wildman–Crippen MR) is 114 cm³/mol. The van der Waals surface area contributed by atoms with Crippen LogP contribution in [0.3, 0.4) is 0 Å². The molecule has 1 aliphatic rings. The molecule has 28 heavy (non-hydrogen) atoms. The van der Waals surface area contributed by atoms with E-state index in [0.717, 1.165) is 30.2 Å². The Morgan fingerprint density at radius 1 is 1.18 bits per heavy atom. The van der Waals surface area contributed by atoms with E-state index in [9.17, 15) is 4.79 Å². The lowest BCUT2D eigenvalue weighted by molar-refractivity contribution is 0.102. The summed E-state index contributed by atoms with van der Waals surface area (Å²) in [5.41, 5.74) is 2.84. The monoisotopic (exact) mass is 379 g/mol. The number of hydrogen-bond acceptors (Lipinski definition) is 4. The van der Waals surface area contributed by atoms with Gasteiger partial charge in [-0.15, -0.1) is 0 Å². The highest BCUT2D eigenvalue weighted by Crippen LogP contribution is 2.20. The lowest BCUT2D eigenvalue weighted by Crippen LogP contribution is -2.13. The van der Waals surface area contributed by atoms with Crippen LogP contribution in [0.4, 0.5) is 11.5 Å². The van der Waals surface area contributed by atoms with E-state index < -0.39 is 0 Å². The molecule has 0 radical (unpaired) electrons. The SMILES string of the molecule is CC(C)Oc1ccc(NC(=O)c2ccnc(NCCC3=CCCCC3)c2)cc1. The Morgan fingerprint density at radius 3 is 2.71 bits per heavy atom. The average Bonchev–Trinajstić information content (AvgIpc) is 2.70. The maximum atomic E-state index is 12.5. The predicted octanol–water partition coefficient (Wildman–Crippen LogP) is 5.42. The molecule has 0 atom stereocenters. The molecule has 5 heteroatoms. The molecule has 0 saturated carbocycles. The van der Waals surface area contributed by atoms with Gasteiger partial charge in [0.05, 0.1) is 6.10 Å². The smallest absolute Gasteiger partial charge is 0.255 e. The number of allylic oxidation sites excluding steroid dienone is 1. The molecule has 1 aromatic carbocycles. The Hall–Kier alpha value is -2.82. The third-order valence-corrected chi connectivity index (χ3v) is 4.64. The first-order valence-corrected chi connectivity index (χ1v) is 10.1. The molecule has 0 unspecified atom stereocenters. The fraction of sp³-hybridized carbons (Fsp3) is 0.391. The van der Waals surface area contributed by atoms with Crippen molar-refractivity contribution in [1.82, 2.24) is 4.98 Å². The zero-order chi connectivity index (χ0) is 19.8. The summed E-state index contributed by atoms with van der Waals surface area (Å²) in [5, 5.41) is 6.24.